The zero-order valence-electron chi connectivity index (χ0n) is 17.0. The molecular weight excluding hydrogens is 424 g/mol. The molecule has 3 rings (SSSR count). The standard InChI is InChI=1S/C19H22N6O3S2/c1-11-10-29-18(21-11)22-16(26)12(2)30-19-24-23-15(25(19)3)9-20-17(27)13-5-7-14(28-4)8-6-13/h5-8,10,12H,9H2,1-4H3,(H,20,27)(H,21,22,26)/t12-/m1/s1. The van der Waals surface area contributed by atoms with E-state index >= 15 is 0 Å². The van der Waals surface area contributed by atoms with Crippen LogP contribution in [0.15, 0.2) is 34.8 Å². The number of aryl methyl sites for hydroxylation is 1. The minimum Gasteiger partial charge on any atom is -0.497 e. The first kappa shape index (κ1) is 21.8. The van der Waals surface area contributed by atoms with Crippen molar-refractivity contribution in [3.63, 3.8) is 0 Å². The zero-order valence-corrected chi connectivity index (χ0v) is 18.6. The first-order chi connectivity index (χ1) is 14.4. The van der Waals surface area contributed by atoms with Crippen molar-refractivity contribution in [1.82, 2.24) is 25.1 Å². The van der Waals surface area contributed by atoms with Crippen LogP contribution in [0.5, 0.6) is 5.75 Å². The van der Waals surface area contributed by atoms with Crippen LogP contribution < -0.4 is 15.4 Å². The van der Waals surface area contributed by atoms with Gasteiger partial charge in [0.1, 0.15) is 5.75 Å². The molecule has 1 aromatic carbocycles. The van der Waals surface area contributed by atoms with E-state index in [1.165, 1.54) is 23.1 Å². The topological polar surface area (TPSA) is 111 Å². The monoisotopic (exact) mass is 446 g/mol. The summed E-state index contributed by atoms with van der Waals surface area (Å²) in [7, 11) is 3.37. The molecular formula is C19H22N6O3S2. The van der Waals surface area contributed by atoms with Gasteiger partial charge in [-0.2, -0.15) is 0 Å². The van der Waals surface area contributed by atoms with Gasteiger partial charge >= 0.3 is 0 Å². The van der Waals surface area contributed by atoms with Gasteiger partial charge < -0.3 is 19.9 Å². The molecule has 2 heterocycles. The first-order valence-corrected chi connectivity index (χ1v) is 10.8. The van der Waals surface area contributed by atoms with Crippen molar-refractivity contribution in [3.8, 4) is 5.75 Å². The Balaban J connectivity index is 1.55. The Hall–Kier alpha value is -2.92. The summed E-state index contributed by atoms with van der Waals surface area (Å²) in [6.07, 6.45) is 0. The number of carbonyl (C=O) groups is 2. The molecule has 0 aliphatic carbocycles. The molecule has 0 aliphatic rings. The average molecular weight is 447 g/mol. The zero-order chi connectivity index (χ0) is 21.7. The molecule has 0 aliphatic heterocycles. The second-order valence-electron chi connectivity index (χ2n) is 6.41. The Morgan fingerprint density at radius 3 is 2.63 bits per heavy atom. The summed E-state index contributed by atoms with van der Waals surface area (Å²) < 4.78 is 6.85. The fraction of sp³-hybridized carbons (Fsp3) is 0.316. The van der Waals surface area contributed by atoms with Crippen LogP contribution >= 0.6 is 23.1 Å². The fourth-order valence-electron chi connectivity index (χ4n) is 2.44. The molecule has 0 unspecified atom stereocenters. The molecule has 30 heavy (non-hydrogen) atoms. The van der Waals surface area contributed by atoms with Crippen LogP contribution in [0, 0.1) is 6.92 Å². The molecule has 158 valence electrons. The van der Waals surface area contributed by atoms with Gasteiger partial charge in [0.15, 0.2) is 16.1 Å². The van der Waals surface area contributed by atoms with Gasteiger partial charge in [-0.1, -0.05) is 11.8 Å². The minimum atomic E-state index is -0.390. The van der Waals surface area contributed by atoms with Crippen LogP contribution in [0.1, 0.15) is 28.8 Å². The number of methoxy groups -OCH3 is 1. The highest BCUT2D eigenvalue weighted by atomic mass is 32.2. The van der Waals surface area contributed by atoms with E-state index in [9.17, 15) is 9.59 Å². The third-order valence-corrected chi connectivity index (χ3v) is 6.19. The maximum absolute atomic E-state index is 12.4. The van der Waals surface area contributed by atoms with E-state index in [4.69, 9.17) is 4.74 Å². The number of thioether (sulfide) groups is 1. The summed E-state index contributed by atoms with van der Waals surface area (Å²) in [4.78, 5) is 28.9. The largest absolute Gasteiger partial charge is 0.497 e. The Morgan fingerprint density at radius 2 is 2.00 bits per heavy atom. The summed E-state index contributed by atoms with van der Waals surface area (Å²) in [5.41, 5.74) is 1.39. The third kappa shape index (κ3) is 5.36. The lowest BCUT2D eigenvalue weighted by atomic mass is 10.2. The molecule has 1 atom stereocenters. The number of benzene rings is 1. The van der Waals surface area contributed by atoms with E-state index in [0.717, 1.165) is 5.69 Å². The van der Waals surface area contributed by atoms with E-state index < -0.39 is 0 Å². The summed E-state index contributed by atoms with van der Waals surface area (Å²) >= 11 is 2.67. The highest BCUT2D eigenvalue weighted by Crippen LogP contribution is 2.23. The number of aromatic nitrogens is 4. The molecule has 0 bridgehead atoms. The van der Waals surface area contributed by atoms with Crippen molar-refractivity contribution in [1.29, 1.82) is 0 Å². The lowest BCUT2D eigenvalue weighted by molar-refractivity contribution is -0.115. The summed E-state index contributed by atoms with van der Waals surface area (Å²) in [5, 5.41) is 16.5. The maximum Gasteiger partial charge on any atom is 0.251 e. The molecule has 2 amide bonds. The maximum atomic E-state index is 12.4. The molecule has 0 radical (unpaired) electrons. The molecule has 0 saturated heterocycles. The van der Waals surface area contributed by atoms with E-state index in [-0.39, 0.29) is 23.6 Å². The van der Waals surface area contributed by atoms with Crippen molar-refractivity contribution in [2.45, 2.75) is 30.8 Å². The molecule has 11 heteroatoms. The van der Waals surface area contributed by atoms with Crippen LogP contribution in [0.3, 0.4) is 0 Å². The van der Waals surface area contributed by atoms with Crippen molar-refractivity contribution >= 4 is 40.0 Å². The van der Waals surface area contributed by atoms with Crippen molar-refractivity contribution in [3.05, 3.63) is 46.7 Å². The summed E-state index contributed by atoms with van der Waals surface area (Å²) in [6.45, 7) is 3.88. The molecule has 3 aromatic rings. The molecule has 2 aromatic heterocycles. The van der Waals surface area contributed by atoms with Gasteiger partial charge in [-0.05, 0) is 38.1 Å². The number of ether oxygens (including phenoxy) is 1. The summed E-state index contributed by atoms with van der Waals surface area (Å²) in [5.74, 6) is 0.889. The second-order valence-corrected chi connectivity index (χ2v) is 8.58. The normalized spacial score (nSPS) is 11.7. The molecule has 0 saturated carbocycles. The highest BCUT2D eigenvalue weighted by molar-refractivity contribution is 8.00. The highest BCUT2D eigenvalue weighted by Gasteiger charge is 2.20. The third-order valence-electron chi connectivity index (χ3n) is 4.18. The number of rotatable bonds is 8. The van der Waals surface area contributed by atoms with Crippen LogP contribution in [-0.4, -0.2) is 43.9 Å². The quantitative estimate of drug-likeness (QED) is 0.512. The molecule has 0 spiro atoms. The lowest BCUT2D eigenvalue weighted by Crippen LogP contribution is -2.24. The number of carbonyl (C=O) groups excluding carboxylic acids is 2. The smallest absolute Gasteiger partial charge is 0.251 e. The van der Waals surface area contributed by atoms with Gasteiger partial charge in [0.05, 0.1) is 24.6 Å². The van der Waals surface area contributed by atoms with Crippen LogP contribution in [0.4, 0.5) is 5.13 Å². The number of hydrogen-bond donors (Lipinski definition) is 2. The van der Waals surface area contributed by atoms with E-state index in [2.05, 4.69) is 25.8 Å². The molecule has 2 N–H and O–H groups in total. The van der Waals surface area contributed by atoms with E-state index in [1.54, 1.807) is 49.9 Å². The fourth-order valence-corrected chi connectivity index (χ4v) is 3.96. The Kier molecular flexibility index (Phi) is 7.06. The van der Waals surface area contributed by atoms with Gasteiger partial charge in [-0.25, -0.2) is 4.98 Å². The molecule has 9 nitrogen and oxygen atoms in total. The predicted molar refractivity (Wildman–Crippen MR) is 116 cm³/mol. The lowest BCUT2D eigenvalue weighted by Gasteiger charge is -2.10. The Labute approximate surface area is 182 Å². The summed E-state index contributed by atoms with van der Waals surface area (Å²) in [6, 6.07) is 6.84. The predicted octanol–water partition coefficient (Wildman–Crippen LogP) is 2.64. The van der Waals surface area contributed by atoms with Crippen LogP contribution in [-0.2, 0) is 18.4 Å². The number of nitrogens with zero attached hydrogens (tertiary/aromatic N) is 4. The molecule has 0 fully saturated rings. The number of nitrogens with one attached hydrogen (secondary N) is 2. The van der Waals surface area contributed by atoms with Gasteiger partial charge in [-0.3, -0.25) is 9.59 Å². The second kappa shape index (κ2) is 9.72. The van der Waals surface area contributed by atoms with Gasteiger partial charge in [-0.15, -0.1) is 21.5 Å². The number of amides is 2. The number of hydrogen-bond acceptors (Lipinski definition) is 8. The van der Waals surface area contributed by atoms with Crippen molar-refractivity contribution < 1.29 is 14.3 Å². The number of anilines is 1. The van der Waals surface area contributed by atoms with Crippen molar-refractivity contribution in [2.24, 2.45) is 7.05 Å². The first-order valence-electron chi connectivity index (χ1n) is 9.07. The van der Waals surface area contributed by atoms with Gasteiger partial charge in [0.2, 0.25) is 5.91 Å². The Morgan fingerprint density at radius 1 is 1.27 bits per heavy atom. The van der Waals surface area contributed by atoms with Gasteiger partial charge in [0, 0.05) is 18.0 Å². The SMILES string of the molecule is COc1ccc(C(=O)NCc2nnc(S[C@H](C)C(=O)Nc3nc(C)cs3)n2C)cc1. The Bertz CT molecular complexity index is 1030. The van der Waals surface area contributed by atoms with Gasteiger partial charge in [0.25, 0.3) is 5.91 Å². The van der Waals surface area contributed by atoms with Crippen LogP contribution in [0.25, 0.3) is 0 Å². The van der Waals surface area contributed by atoms with E-state index in [0.29, 0.717) is 27.4 Å². The number of thiazole rings is 1. The average Bonchev–Trinajstić information content (AvgIpc) is 3.31. The van der Waals surface area contributed by atoms with Crippen LogP contribution in [0.2, 0.25) is 0 Å². The van der Waals surface area contributed by atoms with E-state index in [1.807, 2.05) is 12.3 Å². The minimum absolute atomic E-state index is 0.160. The van der Waals surface area contributed by atoms with Crippen molar-refractivity contribution in [2.75, 3.05) is 12.4 Å².